The number of aromatic nitrogens is 1. The largest absolute Gasteiger partial charge is 0.389 e. The molecule has 0 atom stereocenters. The highest BCUT2D eigenvalue weighted by Crippen LogP contribution is 2.30. The van der Waals surface area contributed by atoms with Crippen LogP contribution in [0.4, 0.5) is 10.2 Å². The lowest BCUT2D eigenvalue weighted by Gasteiger charge is -2.27. The third-order valence-corrected chi connectivity index (χ3v) is 4.76. The molecule has 0 aliphatic heterocycles. The van der Waals surface area contributed by atoms with Gasteiger partial charge in [0, 0.05) is 31.4 Å². The molecule has 3 rings (SSSR count). The zero-order chi connectivity index (χ0) is 21.3. The number of hydrogen-bond donors (Lipinski definition) is 2. The Balaban J connectivity index is 1.98. The molecular weight excluding hydrogens is 371 g/mol. The first-order valence-corrected chi connectivity index (χ1v) is 9.54. The van der Waals surface area contributed by atoms with Gasteiger partial charge in [-0.05, 0) is 62.9 Å². The number of hydrogen-bond acceptors (Lipinski definition) is 5. The first-order valence-electron chi connectivity index (χ1n) is 9.54. The van der Waals surface area contributed by atoms with E-state index in [4.69, 9.17) is 0 Å². The molecule has 0 saturated heterocycles. The quantitative estimate of drug-likeness (QED) is 0.783. The van der Waals surface area contributed by atoms with Crippen LogP contribution in [0, 0.1) is 24.1 Å². The molecule has 2 N–H and O–H groups in total. The molecule has 0 bridgehead atoms. The number of benzene rings is 1. The minimum absolute atomic E-state index is 0.0146. The van der Waals surface area contributed by atoms with Gasteiger partial charge in [0.2, 0.25) is 0 Å². The Bertz CT molecular complexity index is 988. The van der Waals surface area contributed by atoms with Gasteiger partial charge in [-0.1, -0.05) is 0 Å². The second kappa shape index (κ2) is 7.80. The van der Waals surface area contributed by atoms with Gasteiger partial charge in [0.15, 0.2) is 0 Å². The first-order chi connectivity index (χ1) is 13.6. The molecule has 1 aliphatic rings. The predicted octanol–water partition coefficient (Wildman–Crippen LogP) is 3.17. The zero-order valence-electron chi connectivity index (χ0n) is 17.1. The molecule has 1 aromatic heterocycles. The van der Waals surface area contributed by atoms with E-state index in [-0.39, 0.29) is 11.6 Å². The molecule has 0 spiro atoms. The molecule has 7 heteroatoms. The van der Waals surface area contributed by atoms with Crippen LogP contribution in [0.15, 0.2) is 24.4 Å². The van der Waals surface area contributed by atoms with Crippen molar-refractivity contribution in [2.24, 2.45) is 0 Å². The normalized spacial score (nSPS) is 13.7. The molecule has 152 valence electrons. The maximum Gasteiger partial charge on any atom is 0.254 e. The minimum Gasteiger partial charge on any atom is -0.389 e. The van der Waals surface area contributed by atoms with E-state index in [9.17, 15) is 19.6 Å². The summed E-state index contributed by atoms with van der Waals surface area (Å²) in [7, 11) is 1.75. The third-order valence-electron chi connectivity index (χ3n) is 4.76. The molecular formula is C22H25FN4O2. The van der Waals surface area contributed by atoms with Gasteiger partial charge in [-0.2, -0.15) is 5.26 Å². The standard InChI is InChI=1S/C22H25FN4O2/c1-13-7-19(23)18(21(28)26-16-5-6-16)9-17(13)15-8-14(10-24)20(25-11-15)27(4)12-22(2,3)29/h7-9,11,16,29H,5-6,12H2,1-4H3,(H,26,28). The van der Waals surface area contributed by atoms with Gasteiger partial charge in [-0.25, -0.2) is 9.37 Å². The Morgan fingerprint density at radius 3 is 2.69 bits per heavy atom. The lowest BCUT2D eigenvalue weighted by Crippen LogP contribution is -2.37. The Kier molecular flexibility index (Phi) is 5.58. The summed E-state index contributed by atoms with van der Waals surface area (Å²) in [4.78, 5) is 18.5. The van der Waals surface area contributed by atoms with E-state index in [1.807, 2.05) is 0 Å². The van der Waals surface area contributed by atoms with E-state index in [1.165, 1.54) is 12.1 Å². The maximum atomic E-state index is 14.4. The summed E-state index contributed by atoms with van der Waals surface area (Å²) in [5.74, 6) is -0.550. The van der Waals surface area contributed by atoms with E-state index in [0.29, 0.717) is 34.6 Å². The SMILES string of the molecule is Cc1cc(F)c(C(=O)NC2CC2)cc1-c1cnc(N(C)CC(C)(C)O)c(C#N)c1. The number of nitrogens with one attached hydrogen (secondary N) is 1. The number of carbonyl (C=O) groups is 1. The average molecular weight is 396 g/mol. The van der Waals surface area contributed by atoms with Crippen molar-refractivity contribution in [2.45, 2.75) is 45.3 Å². The molecule has 29 heavy (non-hydrogen) atoms. The van der Waals surface area contributed by atoms with Gasteiger partial charge in [0.1, 0.15) is 17.7 Å². The van der Waals surface area contributed by atoms with Crippen LogP contribution >= 0.6 is 0 Å². The molecule has 6 nitrogen and oxygen atoms in total. The molecule has 1 heterocycles. The number of halogens is 1. The molecule has 1 amide bonds. The third kappa shape index (κ3) is 4.90. The number of likely N-dealkylation sites (N-methyl/N-ethyl adjacent to an activating group) is 1. The number of rotatable bonds is 6. The van der Waals surface area contributed by atoms with E-state index >= 15 is 0 Å². The highest BCUT2D eigenvalue weighted by molar-refractivity contribution is 5.96. The Morgan fingerprint density at radius 1 is 1.41 bits per heavy atom. The highest BCUT2D eigenvalue weighted by atomic mass is 19.1. The fraction of sp³-hybridized carbons (Fsp3) is 0.409. The lowest BCUT2D eigenvalue weighted by molar-refractivity contribution is 0.0883. The molecule has 1 aromatic carbocycles. The fourth-order valence-electron chi connectivity index (χ4n) is 3.30. The molecule has 0 radical (unpaired) electrons. The molecule has 0 unspecified atom stereocenters. The average Bonchev–Trinajstić information content (AvgIpc) is 3.43. The Hall–Kier alpha value is -2.98. The van der Waals surface area contributed by atoms with Gasteiger partial charge in [0.05, 0.1) is 16.7 Å². The first kappa shape index (κ1) is 20.7. The van der Waals surface area contributed by atoms with Crippen molar-refractivity contribution in [3.63, 3.8) is 0 Å². The van der Waals surface area contributed by atoms with Crippen LogP contribution in [0.5, 0.6) is 0 Å². The summed E-state index contributed by atoms with van der Waals surface area (Å²) in [6.07, 6.45) is 3.43. The molecule has 2 aromatic rings. The number of nitriles is 1. The Morgan fingerprint density at radius 2 is 2.10 bits per heavy atom. The topological polar surface area (TPSA) is 89.2 Å². The predicted molar refractivity (Wildman–Crippen MR) is 109 cm³/mol. The molecule has 1 aliphatic carbocycles. The number of anilines is 1. The van der Waals surface area contributed by atoms with Crippen molar-refractivity contribution in [1.29, 1.82) is 5.26 Å². The molecule has 1 fully saturated rings. The number of pyridine rings is 1. The summed E-state index contributed by atoms with van der Waals surface area (Å²) < 4.78 is 14.4. The Labute approximate surface area is 170 Å². The van der Waals surface area contributed by atoms with Crippen molar-refractivity contribution < 1.29 is 14.3 Å². The van der Waals surface area contributed by atoms with Gasteiger partial charge < -0.3 is 15.3 Å². The number of aliphatic hydroxyl groups is 1. The second-order valence-corrected chi connectivity index (χ2v) is 8.27. The van der Waals surface area contributed by atoms with E-state index in [0.717, 1.165) is 12.8 Å². The van der Waals surface area contributed by atoms with Gasteiger partial charge >= 0.3 is 0 Å². The molecule has 1 saturated carbocycles. The highest BCUT2D eigenvalue weighted by Gasteiger charge is 2.26. The van der Waals surface area contributed by atoms with E-state index in [2.05, 4.69) is 16.4 Å². The van der Waals surface area contributed by atoms with Crippen LogP contribution < -0.4 is 10.2 Å². The monoisotopic (exact) mass is 396 g/mol. The number of amides is 1. The lowest BCUT2D eigenvalue weighted by atomic mass is 9.97. The van der Waals surface area contributed by atoms with Crippen LogP contribution in [0.2, 0.25) is 0 Å². The summed E-state index contributed by atoms with van der Waals surface area (Å²) in [5, 5.41) is 22.4. The van der Waals surface area contributed by atoms with Gasteiger partial charge in [0.25, 0.3) is 5.91 Å². The van der Waals surface area contributed by atoms with Crippen LogP contribution in [0.25, 0.3) is 11.1 Å². The van der Waals surface area contributed by atoms with E-state index in [1.54, 1.807) is 45.0 Å². The van der Waals surface area contributed by atoms with Crippen LogP contribution in [0.1, 0.15) is 48.2 Å². The van der Waals surface area contributed by atoms with E-state index < -0.39 is 17.3 Å². The fourth-order valence-corrected chi connectivity index (χ4v) is 3.30. The van der Waals surface area contributed by atoms with Gasteiger partial charge in [-0.15, -0.1) is 0 Å². The van der Waals surface area contributed by atoms with Gasteiger partial charge in [-0.3, -0.25) is 4.79 Å². The van der Waals surface area contributed by atoms with Crippen molar-refractivity contribution in [1.82, 2.24) is 10.3 Å². The number of nitrogens with zero attached hydrogens (tertiary/aromatic N) is 3. The van der Waals surface area contributed by atoms with Crippen LogP contribution in [-0.2, 0) is 0 Å². The van der Waals surface area contributed by atoms with Crippen molar-refractivity contribution in [3.8, 4) is 17.2 Å². The number of carbonyl (C=O) groups excluding carboxylic acids is 1. The maximum absolute atomic E-state index is 14.4. The summed E-state index contributed by atoms with van der Waals surface area (Å²) in [5.41, 5.74) is 1.29. The van der Waals surface area contributed by atoms with Crippen LogP contribution in [0.3, 0.4) is 0 Å². The van der Waals surface area contributed by atoms with Crippen molar-refractivity contribution in [3.05, 3.63) is 46.9 Å². The summed E-state index contributed by atoms with van der Waals surface area (Å²) >= 11 is 0. The smallest absolute Gasteiger partial charge is 0.254 e. The van der Waals surface area contributed by atoms with Crippen molar-refractivity contribution >= 4 is 11.7 Å². The zero-order valence-corrected chi connectivity index (χ0v) is 17.1. The second-order valence-electron chi connectivity index (χ2n) is 8.27. The van der Waals surface area contributed by atoms with Crippen LogP contribution in [-0.4, -0.2) is 41.2 Å². The number of aryl methyl sites for hydroxylation is 1. The summed E-state index contributed by atoms with van der Waals surface area (Å²) in [6.45, 7) is 5.41. The minimum atomic E-state index is -0.945. The van der Waals surface area contributed by atoms with Crippen molar-refractivity contribution in [2.75, 3.05) is 18.5 Å². The summed E-state index contributed by atoms with van der Waals surface area (Å²) in [6, 6.07) is 6.78.